The van der Waals surface area contributed by atoms with Crippen molar-refractivity contribution < 1.29 is 22.7 Å². The smallest absolute Gasteiger partial charge is 0.270 e. The van der Waals surface area contributed by atoms with E-state index in [0.717, 1.165) is 15.4 Å². The lowest BCUT2D eigenvalue weighted by Gasteiger charge is -2.36. The van der Waals surface area contributed by atoms with Crippen molar-refractivity contribution in [2.45, 2.75) is 30.2 Å². The zero-order valence-corrected chi connectivity index (χ0v) is 23.5. The molecule has 7 nitrogen and oxygen atoms in total. The normalized spacial score (nSPS) is 18.4. The molecule has 1 spiro atoms. The number of carbonyl (C=O) groups is 2. The molecule has 2 aliphatic heterocycles. The summed E-state index contributed by atoms with van der Waals surface area (Å²) < 4.78 is 34.3. The monoisotopic (exact) mass is 564 g/mol. The standard InChI is InChI=1S/C33H28N2O5S/c1-23-13-16-27(17-14-23)41(38,39)35-30(25-11-7-4-8-12-25)20-33(21-31(35)36)28-19-26(40-2)15-18-29(28)34(32(33)37)22-24-9-5-3-6-10-24/h3-20H,21-22H2,1-2H3/t33-/m0/s1. The highest BCUT2D eigenvalue weighted by molar-refractivity contribution is 7.90. The van der Waals surface area contributed by atoms with Gasteiger partial charge in [-0.15, -0.1) is 0 Å². The van der Waals surface area contributed by atoms with E-state index >= 15 is 0 Å². The minimum atomic E-state index is -4.28. The summed E-state index contributed by atoms with van der Waals surface area (Å²) in [7, 11) is -2.73. The highest BCUT2D eigenvalue weighted by Gasteiger charge is 2.55. The van der Waals surface area contributed by atoms with Gasteiger partial charge in [0.25, 0.3) is 10.0 Å². The summed E-state index contributed by atoms with van der Waals surface area (Å²) >= 11 is 0. The van der Waals surface area contributed by atoms with Crippen LogP contribution in [0.5, 0.6) is 5.75 Å². The maximum atomic E-state index is 14.4. The number of hydrogen-bond acceptors (Lipinski definition) is 5. The largest absolute Gasteiger partial charge is 0.497 e. The van der Waals surface area contributed by atoms with Crippen molar-refractivity contribution in [1.29, 1.82) is 0 Å². The average Bonchev–Trinajstić information content (AvgIpc) is 3.19. The number of ether oxygens (including phenoxy) is 1. The molecule has 0 bridgehead atoms. The molecular formula is C33H28N2O5S. The number of methoxy groups -OCH3 is 1. The van der Waals surface area contributed by atoms with Crippen LogP contribution in [0.25, 0.3) is 5.70 Å². The predicted molar refractivity (Wildman–Crippen MR) is 157 cm³/mol. The fraction of sp³-hybridized carbons (Fsp3) is 0.152. The molecule has 6 rings (SSSR count). The Bertz CT molecular complexity index is 1780. The van der Waals surface area contributed by atoms with Crippen LogP contribution in [0, 0.1) is 6.92 Å². The lowest BCUT2D eigenvalue weighted by atomic mass is 9.75. The van der Waals surface area contributed by atoms with Crippen LogP contribution in [-0.4, -0.2) is 31.6 Å². The summed E-state index contributed by atoms with van der Waals surface area (Å²) in [5, 5.41) is 0. The van der Waals surface area contributed by atoms with Crippen LogP contribution in [0.2, 0.25) is 0 Å². The maximum absolute atomic E-state index is 14.4. The molecule has 0 N–H and O–H groups in total. The summed E-state index contributed by atoms with van der Waals surface area (Å²) in [4.78, 5) is 30.2. The highest BCUT2D eigenvalue weighted by Crippen LogP contribution is 2.51. The summed E-state index contributed by atoms with van der Waals surface area (Å²) in [5.41, 5.74) is 2.32. The third-order valence-electron chi connectivity index (χ3n) is 7.67. The molecule has 4 aromatic carbocycles. The van der Waals surface area contributed by atoms with Crippen LogP contribution in [-0.2, 0) is 31.6 Å². The van der Waals surface area contributed by atoms with Crippen LogP contribution >= 0.6 is 0 Å². The second kappa shape index (κ2) is 10.1. The number of carbonyl (C=O) groups excluding carboxylic acids is 2. The number of benzene rings is 4. The molecule has 0 saturated carbocycles. The summed E-state index contributed by atoms with van der Waals surface area (Å²) in [6.07, 6.45) is 1.31. The van der Waals surface area contributed by atoms with Gasteiger partial charge in [-0.1, -0.05) is 78.4 Å². The molecule has 0 aliphatic carbocycles. The topological polar surface area (TPSA) is 84.0 Å². The van der Waals surface area contributed by atoms with E-state index < -0.39 is 21.3 Å². The Kier molecular flexibility index (Phi) is 6.50. The first kappa shape index (κ1) is 26.5. The predicted octanol–water partition coefficient (Wildman–Crippen LogP) is 5.45. The lowest BCUT2D eigenvalue weighted by molar-refractivity contribution is -0.131. The molecule has 1 atom stereocenters. The van der Waals surface area contributed by atoms with E-state index in [2.05, 4.69) is 0 Å². The third-order valence-corrected chi connectivity index (χ3v) is 9.42. The summed E-state index contributed by atoms with van der Waals surface area (Å²) in [5.74, 6) is -0.441. The molecule has 0 radical (unpaired) electrons. The van der Waals surface area contributed by atoms with Gasteiger partial charge in [-0.25, -0.2) is 12.7 Å². The molecule has 206 valence electrons. The molecule has 0 unspecified atom stereocenters. The van der Waals surface area contributed by atoms with E-state index in [-0.39, 0.29) is 22.9 Å². The Balaban J connectivity index is 1.57. The van der Waals surface area contributed by atoms with Gasteiger partial charge < -0.3 is 9.64 Å². The zero-order chi connectivity index (χ0) is 28.8. The SMILES string of the molecule is COc1ccc2c(c1)[C@@]1(C=C(c3ccccc3)N(S(=O)(=O)c3ccc(C)cc3)C(=O)C1)C(=O)N2Cc1ccccc1. The minimum absolute atomic E-state index is 0.000229. The molecule has 0 saturated heterocycles. The average molecular weight is 565 g/mol. The van der Waals surface area contributed by atoms with Crippen molar-refractivity contribution in [3.63, 3.8) is 0 Å². The number of aryl methyl sites for hydroxylation is 1. The van der Waals surface area contributed by atoms with E-state index in [1.807, 2.05) is 49.4 Å². The number of rotatable bonds is 6. The van der Waals surface area contributed by atoms with Crippen molar-refractivity contribution in [3.05, 3.63) is 131 Å². The van der Waals surface area contributed by atoms with Crippen molar-refractivity contribution in [3.8, 4) is 5.75 Å². The van der Waals surface area contributed by atoms with Gasteiger partial charge in [-0.05, 0) is 60.0 Å². The van der Waals surface area contributed by atoms with Crippen LogP contribution in [0.3, 0.4) is 0 Å². The molecule has 2 aliphatic rings. The Morgan fingerprint density at radius 2 is 1.51 bits per heavy atom. The van der Waals surface area contributed by atoms with Crippen molar-refractivity contribution in [1.82, 2.24) is 4.31 Å². The molecule has 0 aromatic heterocycles. The van der Waals surface area contributed by atoms with Gasteiger partial charge in [0.1, 0.15) is 11.2 Å². The summed E-state index contributed by atoms with van der Waals surface area (Å²) in [6.45, 7) is 2.16. The highest BCUT2D eigenvalue weighted by atomic mass is 32.2. The number of fused-ring (bicyclic) bond motifs is 2. The second-order valence-corrected chi connectivity index (χ2v) is 12.1. The lowest BCUT2D eigenvalue weighted by Crippen LogP contribution is -2.48. The Morgan fingerprint density at radius 3 is 2.17 bits per heavy atom. The van der Waals surface area contributed by atoms with E-state index in [0.29, 0.717) is 29.1 Å². The molecule has 4 aromatic rings. The first-order valence-corrected chi connectivity index (χ1v) is 14.7. The molecule has 2 heterocycles. The molecule has 0 fully saturated rings. The second-order valence-electron chi connectivity index (χ2n) is 10.3. The van der Waals surface area contributed by atoms with Crippen LogP contribution in [0.4, 0.5) is 5.69 Å². The zero-order valence-electron chi connectivity index (χ0n) is 22.7. The summed E-state index contributed by atoms with van der Waals surface area (Å²) in [6, 6.07) is 30.2. The number of sulfonamides is 1. The van der Waals surface area contributed by atoms with E-state index in [9.17, 15) is 18.0 Å². The fourth-order valence-corrected chi connectivity index (χ4v) is 7.05. The van der Waals surface area contributed by atoms with Crippen molar-refractivity contribution >= 4 is 33.2 Å². The van der Waals surface area contributed by atoms with Crippen molar-refractivity contribution in [2.24, 2.45) is 0 Å². The first-order chi connectivity index (χ1) is 19.7. The van der Waals surface area contributed by atoms with Crippen LogP contribution in [0.15, 0.2) is 114 Å². The molecule has 8 heteroatoms. The Hall–Kier alpha value is -4.69. The maximum Gasteiger partial charge on any atom is 0.270 e. The van der Waals surface area contributed by atoms with Crippen LogP contribution in [0.1, 0.15) is 28.7 Å². The fourth-order valence-electron chi connectivity index (χ4n) is 5.61. The van der Waals surface area contributed by atoms with Gasteiger partial charge >= 0.3 is 0 Å². The Morgan fingerprint density at radius 1 is 0.854 bits per heavy atom. The van der Waals surface area contributed by atoms with Gasteiger partial charge in [-0.2, -0.15) is 0 Å². The van der Waals surface area contributed by atoms with Gasteiger partial charge in [0.15, 0.2) is 0 Å². The van der Waals surface area contributed by atoms with Gasteiger partial charge in [0.05, 0.1) is 30.7 Å². The molecule has 2 amide bonds. The van der Waals surface area contributed by atoms with Gasteiger partial charge in [0, 0.05) is 5.69 Å². The number of hydrogen-bond donors (Lipinski definition) is 0. The quantitative estimate of drug-likeness (QED) is 0.311. The minimum Gasteiger partial charge on any atom is -0.497 e. The Labute approximate surface area is 239 Å². The number of nitrogens with zero attached hydrogens (tertiary/aromatic N) is 2. The van der Waals surface area contributed by atoms with Crippen molar-refractivity contribution in [2.75, 3.05) is 12.0 Å². The number of anilines is 1. The van der Waals surface area contributed by atoms with Gasteiger partial charge in [0.2, 0.25) is 11.8 Å². The van der Waals surface area contributed by atoms with E-state index in [1.165, 1.54) is 12.1 Å². The van der Waals surface area contributed by atoms with E-state index in [4.69, 9.17) is 4.74 Å². The first-order valence-electron chi connectivity index (χ1n) is 13.2. The van der Waals surface area contributed by atoms with Crippen LogP contribution < -0.4 is 9.64 Å². The molecule has 41 heavy (non-hydrogen) atoms. The molecular weight excluding hydrogens is 536 g/mol. The van der Waals surface area contributed by atoms with E-state index in [1.54, 1.807) is 66.6 Å². The van der Waals surface area contributed by atoms with Gasteiger partial charge in [-0.3, -0.25) is 9.59 Å². The number of amides is 2. The third kappa shape index (κ3) is 4.40.